The second-order valence-electron chi connectivity index (χ2n) is 12.2. The van der Waals surface area contributed by atoms with Gasteiger partial charge in [-0.2, -0.15) is 0 Å². The minimum absolute atomic E-state index is 0.0415. The zero-order valence-electron chi connectivity index (χ0n) is 25.0. The molecule has 0 saturated carbocycles. The number of hydrogen-bond donors (Lipinski definition) is 3. The van der Waals surface area contributed by atoms with E-state index in [4.69, 9.17) is 28.9 Å². The van der Waals surface area contributed by atoms with E-state index in [-0.39, 0.29) is 48.0 Å². The normalized spacial score (nSPS) is 17.2. The van der Waals surface area contributed by atoms with Crippen LogP contribution in [0.15, 0.2) is 84.9 Å². The van der Waals surface area contributed by atoms with Crippen LogP contribution in [-0.4, -0.2) is 46.9 Å². The van der Waals surface area contributed by atoms with Crippen molar-refractivity contribution in [1.29, 1.82) is 0 Å². The molecule has 0 unspecified atom stereocenters. The highest BCUT2D eigenvalue weighted by atomic mass is 35.5. The fraction of sp³-hybridized carbons (Fsp3) is 0.243. The van der Waals surface area contributed by atoms with Gasteiger partial charge in [0.05, 0.1) is 11.4 Å². The van der Waals surface area contributed by atoms with Crippen molar-refractivity contribution < 1.29 is 19.8 Å². The van der Waals surface area contributed by atoms with Crippen molar-refractivity contribution in [2.24, 2.45) is 0 Å². The van der Waals surface area contributed by atoms with E-state index in [0.717, 1.165) is 27.5 Å². The van der Waals surface area contributed by atoms with Crippen LogP contribution in [0.4, 0.5) is 17.1 Å². The Kier molecular flexibility index (Phi) is 7.91. The molecular formula is C37H33Cl2N3O4. The summed E-state index contributed by atoms with van der Waals surface area (Å²) in [6.45, 7) is 0.762. The molecule has 5 aromatic carbocycles. The maximum absolute atomic E-state index is 14.2. The van der Waals surface area contributed by atoms with Gasteiger partial charge in [-0.05, 0) is 39.6 Å². The zero-order valence-corrected chi connectivity index (χ0v) is 26.5. The maximum atomic E-state index is 14.2. The molecule has 0 saturated heterocycles. The third-order valence-corrected chi connectivity index (χ3v) is 10.2. The van der Waals surface area contributed by atoms with Crippen LogP contribution in [0.1, 0.15) is 47.3 Å². The van der Waals surface area contributed by atoms with Crippen molar-refractivity contribution in [1.82, 2.24) is 0 Å². The number of fused-ring (bicyclic) bond motifs is 6. The Morgan fingerprint density at radius 3 is 1.59 bits per heavy atom. The lowest BCUT2D eigenvalue weighted by Crippen LogP contribution is -2.34. The summed E-state index contributed by atoms with van der Waals surface area (Å²) in [5.41, 5.74) is 10.7. The number of carbonyl (C=O) groups is 2. The maximum Gasteiger partial charge on any atom is 0.227 e. The molecule has 0 fully saturated rings. The Bertz CT molecular complexity index is 1890. The lowest BCUT2D eigenvalue weighted by atomic mass is 9.90. The number of nitrogens with two attached hydrogens (primary N) is 1. The van der Waals surface area contributed by atoms with E-state index < -0.39 is 5.92 Å². The smallest absolute Gasteiger partial charge is 0.227 e. The number of alkyl halides is 2. The van der Waals surface area contributed by atoms with Gasteiger partial charge in [-0.25, -0.2) is 0 Å². The van der Waals surface area contributed by atoms with Crippen LogP contribution in [0.2, 0.25) is 0 Å². The van der Waals surface area contributed by atoms with E-state index in [2.05, 4.69) is 0 Å². The standard InChI is InChI=1S/C37H33Cl2N3O4/c38-17-23-19-41(30-15-32(43)26-8-1-3-10-28(26)36(23)30)34(45)13-22(21-6-5-7-25(40)12-21)14-35(46)42-20-24(18-39)37-29-11-4-2-9-27(29)33(44)16-31(37)42/h1-12,15-16,22-24,43-44H,13-14,17-20,40H2/t23-,24-/m1/s1. The molecule has 2 atom stereocenters. The van der Waals surface area contributed by atoms with Crippen LogP contribution in [0.3, 0.4) is 0 Å². The quantitative estimate of drug-likeness (QED) is 0.124. The molecule has 46 heavy (non-hydrogen) atoms. The van der Waals surface area contributed by atoms with Crippen molar-refractivity contribution in [2.75, 3.05) is 40.4 Å². The number of nitrogen functional groups attached to an aromatic ring is 1. The Hall–Kier alpha value is -4.46. The van der Waals surface area contributed by atoms with E-state index >= 15 is 0 Å². The van der Waals surface area contributed by atoms with E-state index in [0.29, 0.717) is 52.7 Å². The highest BCUT2D eigenvalue weighted by Crippen LogP contribution is 2.47. The van der Waals surface area contributed by atoms with E-state index in [1.807, 2.05) is 66.7 Å². The number of amides is 2. The van der Waals surface area contributed by atoms with Crippen molar-refractivity contribution in [2.45, 2.75) is 30.6 Å². The Morgan fingerprint density at radius 1 is 0.696 bits per heavy atom. The third-order valence-electron chi connectivity index (χ3n) is 9.49. The van der Waals surface area contributed by atoms with Crippen LogP contribution < -0.4 is 15.5 Å². The Labute approximate surface area is 276 Å². The van der Waals surface area contributed by atoms with Gasteiger partial charge in [0.2, 0.25) is 11.8 Å². The highest BCUT2D eigenvalue weighted by Gasteiger charge is 2.38. The summed E-state index contributed by atoms with van der Waals surface area (Å²) in [6, 6.07) is 25.7. The molecule has 7 nitrogen and oxygen atoms in total. The predicted molar refractivity (Wildman–Crippen MR) is 186 cm³/mol. The first-order valence-electron chi connectivity index (χ1n) is 15.4. The number of carbonyl (C=O) groups excluding carboxylic acids is 2. The predicted octanol–water partition coefficient (Wildman–Crippen LogP) is 7.59. The number of phenolic OH excluding ortho intramolecular Hbond substituents is 2. The third kappa shape index (κ3) is 5.08. The average Bonchev–Trinajstić information content (AvgIpc) is 3.63. The lowest BCUT2D eigenvalue weighted by Gasteiger charge is -2.25. The molecular weight excluding hydrogens is 621 g/mol. The summed E-state index contributed by atoms with van der Waals surface area (Å²) in [6.07, 6.45) is 0.0830. The van der Waals surface area contributed by atoms with Gasteiger partial charge in [-0.3, -0.25) is 9.59 Å². The molecule has 2 aliphatic rings. The van der Waals surface area contributed by atoms with Crippen molar-refractivity contribution in [3.05, 3.63) is 102 Å². The first kappa shape index (κ1) is 30.2. The first-order valence-corrected chi connectivity index (χ1v) is 16.4. The van der Waals surface area contributed by atoms with Crippen molar-refractivity contribution in [3.8, 4) is 11.5 Å². The van der Waals surface area contributed by atoms with E-state index in [1.165, 1.54) is 0 Å². The van der Waals surface area contributed by atoms with E-state index in [1.54, 1.807) is 28.0 Å². The Balaban J connectivity index is 1.22. The number of anilines is 3. The number of nitrogens with zero attached hydrogens (tertiary/aromatic N) is 2. The number of hydrogen-bond acceptors (Lipinski definition) is 5. The summed E-state index contributed by atoms with van der Waals surface area (Å²) in [7, 11) is 0. The SMILES string of the molecule is Nc1cccc(C(CC(=O)N2C[C@@H](CCl)c3c2cc(O)c2ccccc32)CC(=O)N2C[C@@H](CCl)c3c2cc(O)c2ccccc32)c1. The van der Waals surface area contributed by atoms with Gasteiger partial charge in [-0.15, -0.1) is 23.2 Å². The van der Waals surface area contributed by atoms with Gasteiger partial charge in [-0.1, -0.05) is 60.7 Å². The molecule has 0 aliphatic carbocycles. The van der Waals surface area contributed by atoms with Gasteiger partial charge in [0.25, 0.3) is 0 Å². The molecule has 0 bridgehead atoms. The van der Waals surface area contributed by atoms with Gasteiger partial charge < -0.3 is 25.7 Å². The van der Waals surface area contributed by atoms with Crippen molar-refractivity contribution in [3.63, 3.8) is 0 Å². The second-order valence-corrected chi connectivity index (χ2v) is 12.9. The summed E-state index contributed by atoms with van der Waals surface area (Å²) < 4.78 is 0. The van der Waals surface area contributed by atoms with Crippen LogP contribution in [0, 0.1) is 0 Å². The summed E-state index contributed by atoms with van der Waals surface area (Å²) in [5.74, 6) is -0.196. The molecule has 2 heterocycles. The molecule has 4 N–H and O–H groups in total. The zero-order chi connectivity index (χ0) is 32.1. The molecule has 5 aromatic rings. The van der Waals surface area contributed by atoms with Gasteiger partial charge in [0.15, 0.2) is 0 Å². The van der Waals surface area contributed by atoms with Crippen LogP contribution in [0.25, 0.3) is 21.5 Å². The average molecular weight is 655 g/mol. The van der Waals surface area contributed by atoms with Gasteiger partial charge in [0.1, 0.15) is 11.5 Å². The monoisotopic (exact) mass is 653 g/mol. The Morgan fingerprint density at radius 2 is 1.15 bits per heavy atom. The summed E-state index contributed by atoms with van der Waals surface area (Å²) in [5, 5.41) is 24.9. The molecule has 0 spiro atoms. The minimum Gasteiger partial charge on any atom is -0.507 e. The number of halogens is 2. The fourth-order valence-corrected chi connectivity index (χ4v) is 7.84. The molecule has 2 aliphatic heterocycles. The van der Waals surface area contributed by atoms with E-state index in [9.17, 15) is 19.8 Å². The number of benzene rings is 5. The molecule has 234 valence electrons. The van der Waals surface area contributed by atoms with Gasteiger partial charge >= 0.3 is 0 Å². The highest BCUT2D eigenvalue weighted by molar-refractivity contribution is 6.19. The second kappa shape index (κ2) is 12.0. The number of phenols is 2. The lowest BCUT2D eigenvalue weighted by molar-refractivity contribution is -0.120. The molecule has 9 heteroatoms. The molecule has 0 aromatic heterocycles. The molecule has 7 rings (SSSR count). The topological polar surface area (TPSA) is 107 Å². The first-order chi connectivity index (χ1) is 22.3. The van der Waals surface area contributed by atoms with Crippen LogP contribution in [-0.2, 0) is 9.59 Å². The number of rotatable bonds is 7. The molecule has 0 radical (unpaired) electrons. The largest absolute Gasteiger partial charge is 0.507 e. The summed E-state index contributed by atoms with van der Waals surface area (Å²) in [4.78, 5) is 31.7. The summed E-state index contributed by atoms with van der Waals surface area (Å²) >= 11 is 12.9. The number of aromatic hydroxyl groups is 2. The van der Waals surface area contributed by atoms with Crippen molar-refractivity contribution >= 4 is 73.6 Å². The van der Waals surface area contributed by atoms with Crippen LogP contribution >= 0.6 is 23.2 Å². The molecule has 2 amide bonds. The van der Waals surface area contributed by atoms with Crippen LogP contribution in [0.5, 0.6) is 11.5 Å². The fourth-order valence-electron chi connectivity index (χ4n) is 7.34. The minimum atomic E-state index is -0.483. The van der Waals surface area contributed by atoms with Gasteiger partial charge in [0, 0.05) is 84.0 Å².